The van der Waals surface area contributed by atoms with Crippen LogP contribution in [0.4, 0.5) is 5.69 Å². The van der Waals surface area contributed by atoms with Gasteiger partial charge < -0.3 is 19.7 Å². The molecule has 0 saturated carbocycles. The molecule has 2 aromatic rings. The summed E-state index contributed by atoms with van der Waals surface area (Å²) in [6.07, 6.45) is 5.27. The molecule has 0 aliphatic carbocycles. The van der Waals surface area contributed by atoms with Gasteiger partial charge in [-0.05, 0) is 49.1 Å². The molecule has 1 aromatic carbocycles. The highest BCUT2D eigenvalue weighted by molar-refractivity contribution is 5.90. The lowest BCUT2D eigenvalue weighted by Gasteiger charge is -2.29. The van der Waals surface area contributed by atoms with Crippen LogP contribution < -0.4 is 5.32 Å². The number of nitrogens with one attached hydrogen (secondary N) is 1. The summed E-state index contributed by atoms with van der Waals surface area (Å²) in [7, 11) is 0. The van der Waals surface area contributed by atoms with Crippen molar-refractivity contribution in [1.29, 1.82) is 0 Å². The summed E-state index contributed by atoms with van der Waals surface area (Å²) >= 11 is 0. The van der Waals surface area contributed by atoms with Crippen molar-refractivity contribution in [2.24, 2.45) is 0 Å². The highest BCUT2D eigenvalue weighted by Crippen LogP contribution is 2.14. The number of aliphatic hydroxyl groups is 1. The van der Waals surface area contributed by atoms with E-state index in [2.05, 4.69) is 22.3 Å². The molecule has 0 radical (unpaired) electrons. The Hall–Kier alpha value is -2.11. The number of hydrogen-bond acceptors (Lipinski definition) is 4. The third-order valence-electron chi connectivity index (χ3n) is 4.69. The van der Waals surface area contributed by atoms with Crippen molar-refractivity contribution >= 4 is 11.6 Å². The minimum absolute atomic E-state index is 0.00368. The lowest BCUT2D eigenvalue weighted by Crippen LogP contribution is -2.37. The molecule has 2 heterocycles. The molecule has 5 heteroatoms. The van der Waals surface area contributed by atoms with Crippen LogP contribution >= 0.6 is 0 Å². The van der Waals surface area contributed by atoms with E-state index in [1.54, 1.807) is 6.26 Å². The first-order valence-corrected chi connectivity index (χ1v) is 9.00. The summed E-state index contributed by atoms with van der Waals surface area (Å²) in [5.74, 6) is 0.826. The lowest BCUT2D eigenvalue weighted by molar-refractivity contribution is -0.116. The Morgan fingerprint density at radius 3 is 2.60 bits per heavy atom. The van der Waals surface area contributed by atoms with Gasteiger partial charge in [0.05, 0.1) is 12.4 Å². The van der Waals surface area contributed by atoms with Crippen LogP contribution in [0.1, 0.15) is 30.6 Å². The Bertz CT molecular complexity index is 644. The standard InChI is InChI=1S/C20H26N2O3/c23-18-10-13-22(14-11-18)12-9-16-3-5-17(6-4-16)21-20(24)8-7-19-2-1-15-25-19/h1-6,15,18,23H,7-14H2,(H,21,24). The summed E-state index contributed by atoms with van der Waals surface area (Å²) in [6, 6.07) is 11.8. The molecule has 1 amide bonds. The smallest absolute Gasteiger partial charge is 0.224 e. The highest BCUT2D eigenvalue weighted by atomic mass is 16.3. The number of rotatable bonds is 7. The highest BCUT2D eigenvalue weighted by Gasteiger charge is 2.16. The largest absolute Gasteiger partial charge is 0.469 e. The van der Waals surface area contributed by atoms with E-state index < -0.39 is 0 Å². The maximum Gasteiger partial charge on any atom is 0.224 e. The Balaban J connectivity index is 1.40. The van der Waals surface area contributed by atoms with E-state index in [0.29, 0.717) is 12.8 Å². The minimum atomic E-state index is -0.119. The van der Waals surface area contributed by atoms with E-state index in [1.807, 2.05) is 24.3 Å². The second-order valence-electron chi connectivity index (χ2n) is 6.65. The second-order valence-corrected chi connectivity index (χ2v) is 6.65. The molecule has 3 rings (SSSR count). The molecule has 1 aromatic heterocycles. The maximum absolute atomic E-state index is 12.0. The molecule has 1 saturated heterocycles. The third kappa shape index (κ3) is 5.73. The molecule has 0 spiro atoms. The second kappa shape index (κ2) is 8.83. The topological polar surface area (TPSA) is 65.7 Å². The third-order valence-corrected chi connectivity index (χ3v) is 4.69. The number of carbonyl (C=O) groups is 1. The summed E-state index contributed by atoms with van der Waals surface area (Å²) in [5.41, 5.74) is 2.09. The number of piperidine rings is 1. The van der Waals surface area contributed by atoms with E-state index in [4.69, 9.17) is 4.42 Å². The molecule has 134 valence electrons. The molecule has 0 atom stereocenters. The molecule has 1 aliphatic heterocycles. The van der Waals surface area contributed by atoms with Crippen LogP contribution in [0.25, 0.3) is 0 Å². The summed E-state index contributed by atoms with van der Waals surface area (Å²) in [5, 5.41) is 12.5. The van der Waals surface area contributed by atoms with Crippen molar-refractivity contribution in [3.63, 3.8) is 0 Å². The number of likely N-dealkylation sites (tertiary alicyclic amines) is 1. The van der Waals surface area contributed by atoms with Crippen LogP contribution in [0.5, 0.6) is 0 Å². The van der Waals surface area contributed by atoms with Gasteiger partial charge in [-0.15, -0.1) is 0 Å². The van der Waals surface area contributed by atoms with Gasteiger partial charge in [0, 0.05) is 38.2 Å². The minimum Gasteiger partial charge on any atom is -0.469 e. The van der Waals surface area contributed by atoms with Crippen LogP contribution in [-0.4, -0.2) is 41.7 Å². The van der Waals surface area contributed by atoms with Crippen molar-refractivity contribution in [2.45, 2.75) is 38.2 Å². The number of aryl methyl sites for hydroxylation is 1. The van der Waals surface area contributed by atoms with Gasteiger partial charge in [-0.1, -0.05) is 12.1 Å². The molecule has 0 unspecified atom stereocenters. The molecule has 0 bridgehead atoms. The first-order chi connectivity index (χ1) is 12.2. The van der Waals surface area contributed by atoms with Crippen molar-refractivity contribution in [1.82, 2.24) is 4.90 Å². The average molecular weight is 342 g/mol. The van der Waals surface area contributed by atoms with Gasteiger partial charge in [0.2, 0.25) is 5.91 Å². The van der Waals surface area contributed by atoms with Crippen molar-refractivity contribution in [2.75, 3.05) is 25.0 Å². The number of nitrogens with zero attached hydrogens (tertiary/aromatic N) is 1. The Morgan fingerprint density at radius 2 is 1.92 bits per heavy atom. The van der Waals surface area contributed by atoms with Crippen molar-refractivity contribution in [3.05, 3.63) is 54.0 Å². The number of amides is 1. The zero-order chi connectivity index (χ0) is 17.5. The Kier molecular flexibility index (Phi) is 6.25. The number of furan rings is 1. The first kappa shape index (κ1) is 17.7. The number of aliphatic hydroxyl groups excluding tert-OH is 1. The van der Waals surface area contributed by atoms with E-state index in [1.165, 1.54) is 5.56 Å². The fourth-order valence-electron chi connectivity index (χ4n) is 3.10. The SMILES string of the molecule is O=C(CCc1ccco1)Nc1ccc(CCN2CCC(O)CC2)cc1. The average Bonchev–Trinajstić information content (AvgIpc) is 3.14. The number of carbonyl (C=O) groups excluding carboxylic acids is 1. The van der Waals surface area contributed by atoms with Gasteiger partial charge in [-0.3, -0.25) is 4.79 Å². The number of hydrogen-bond donors (Lipinski definition) is 2. The summed E-state index contributed by atoms with van der Waals surface area (Å²) < 4.78 is 5.23. The van der Waals surface area contributed by atoms with Crippen LogP contribution in [-0.2, 0) is 17.6 Å². The lowest BCUT2D eigenvalue weighted by atomic mass is 10.1. The van der Waals surface area contributed by atoms with E-state index in [9.17, 15) is 9.90 Å². The van der Waals surface area contributed by atoms with Gasteiger partial charge in [0.1, 0.15) is 5.76 Å². The monoisotopic (exact) mass is 342 g/mol. The van der Waals surface area contributed by atoms with Gasteiger partial charge >= 0.3 is 0 Å². The summed E-state index contributed by atoms with van der Waals surface area (Å²) in [6.45, 7) is 2.97. The fraction of sp³-hybridized carbons (Fsp3) is 0.450. The number of anilines is 1. The van der Waals surface area contributed by atoms with Crippen LogP contribution in [0.15, 0.2) is 47.1 Å². The zero-order valence-electron chi connectivity index (χ0n) is 14.5. The molecule has 5 nitrogen and oxygen atoms in total. The molecule has 2 N–H and O–H groups in total. The summed E-state index contributed by atoms with van der Waals surface area (Å²) in [4.78, 5) is 14.4. The molecular weight excluding hydrogens is 316 g/mol. The van der Waals surface area contributed by atoms with Gasteiger partial charge in [-0.2, -0.15) is 0 Å². The number of benzene rings is 1. The Morgan fingerprint density at radius 1 is 1.16 bits per heavy atom. The van der Waals surface area contributed by atoms with Crippen LogP contribution in [0.3, 0.4) is 0 Å². The molecule has 1 fully saturated rings. The van der Waals surface area contributed by atoms with Crippen LogP contribution in [0, 0.1) is 0 Å². The van der Waals surface area contributed by atoms with E-state index in [0.717, 1.165) is 50.3 Å². The van der Waals surface area contributed by atoms with Crippen molar-refractivity contribution in [3.8, 4) is 0 Å². The predicted molar refractivity (Wildman–Crippen MR) is 97.5 cm³/mol. The fourth-order valence-corrected chi connectivity index (χ4v) is 3.10. The first-order valence-electron chi connectivity index (χ1n) is 9.00. The van der Waals surface area contributed by atoms with E-state index in [-0.39, 0.29) is 12.0 Å². The van der Waals surface area contributed by atoms with Gasteiger partial charge in [-0.25, -0.2) is 0 Å². The van der Waals surface area contributed by atoms with Gasteiger partial charge in [0.25, 0.3) is 0 Å². The predicted octanol–water partition coefficient (Wildman–Crippen LogP) is 2.85. The van der Waals surface area contributed by atoms with Crippen LogP contribution in [0.2, 0.25) is 0 Å². The molecule has 1 aliphatic rings. The quantitative estimate of drug-likeness (QED) is 0.812. The normalized spacial score (nSPS) is 16.0. The zero-order valence-corrected chi connectivity index (χ0v) is 14.5. The molecular formula is C20H26N2O3. The Labute approximate surface area is 148 Å². The van der Waals surface area contributed by atoms with Crippen molar-refractivity contribution < 1.29 is 14.3 Å². The maximum atomic E-state index is 12.0. The van der Waals surface area contributed by atoms with Gasteiger partial charge in [0.15, 0.2) is 0 Å². The van der Waals surface area contributed by atoms with E-state index >= 15 is 0 Å². The molecule has 25 heavy (non-hydrogen) atoms.